The van der Waals surface area contributed by atoms with E-state index in [0.717, 1.165) is 0 Å². The molecule has 0 amide bonds. The smallest absolute Gasteiger partial charge is 0.313 e. The van der Waals surface area contributed by atoms with Gasteiger partial charge in [0.15, 0.2) is 0 Å². The third-order valence-electron chi connectivity index (χ3n) is 1.11. The normalized spacial score (nSPS) is 19.6. The van der Waals surface area contributed by atoms with Crippen LogP contribution in [0.5, 0.6) is 0 Å². The van der Waals surface area contributed by atoms with Crippen molar-refractivity contribution >= 4 is 5.97 Å². The zero-order valence-corrected chi connectivity index (χ0v) is 4.42. The summed E-state index contributed by atoms with van der Waals surface area (Å²) < 4.78 is 8.91. The number of hydrogen-bond donors (Lipinski definition) is 0. The van der Waals surface area contributed by atoms with E-state index in [4.69, 9.17) is 4.74 Å². The molecule has 3 heteroatoms. The molecule has 8 heavy (non-hydrogen) atoms. The van der Waals surface area contributed by atoms with Crippen molar-refractivity contribution in [3.05, 3.63) is 7.11 Å². The van der Waals surface area contributed by atoms with E-state index in [1.54, 1.807) is 0 Å². The predicted octanol–water partition coefficient (Wildman–Crippen LogP) is -0.0324. The molecule has 1 radical (unpaired) electrons. The number of carbonyl (C=O) groups is 1. The van der Waals surface area contributed by atoms with Crippen LogP contribution in [-0.4, -0.2) is 19.2 Å². The Morgan fingerprint density at radius 2 is 2.38 bits per heavy atom. The minimum absolute atomic E-state index is 0.0486. The summed E-state index contributed by atoms with van der Waals surface area (Å²) in [6, 6.07) is 0. The van der Waals surface area contributed by atoms with E-state index in [2.05, 4.69) is 11.8 Å². The van der Waals surface area contributed by atoms with Gasteiger partial charge in [-0.25, -0.2) is 0 Å². The molecule has 1 fully saturated rings. The highest BCUT2D eigenvalue weighted by atomic mass is 16.5. The Hall–Kier alpha value is -0.570. The van der Waals surface area contributed by atoms with Crippen molar-refractivity contribution in [2.24, 2.45) is 5.92 Å². The van der Waals surface area contributed by atoms with Crippen LogP contribution in [-0.2, 0) is 14.3 Å². The molecule has 0 aliphatic carbocycles. The number of carbonyl (C=O) groups excluding carboxylic acids is 1. The van der Waals surface area contributed by atoms with Gasteiger partial charge in [-0.2, -0.15) is 0 Å². The Bertz CT molecular complexity index is 95.8. The van der Waals surface area contributed by atoms with Gasteiger partial charge in [0.25, 0.3) is 0 Å². The predicted molar refractivity (Wildman–Crippen MR) is 25.8 cm³/mol. The van der Waals surface area contributed by atoms with E-state index >= 15 is 0 Å². The molecule has 0 aromatic rings. The van der Waals surface area contributed by atoms with E-state index in [-0.39, 0.29) is 11.9 Å². The number of ether oxygens (including phenoxy) is 2. The maximum atomic E-state index is 10.4. The summed E-state index contributed by atoms with van der Waals surface area (Å²) in [6.45, 7) is 0.989. The summed E-state index contributed by atoms with van der Waals surface area (Å²) in [7, 11) is 2.98. The molecular formula is C5H7O3. The quantitative estimate of drug-likeness (QED) is 0.450. The molecule has 3 nitrogen and oxygen atoms in total. The molecule has 0 unspecified atom stereocenters. The first-order chi connectivity index (χ1) is 3.84. The molecule has 1 aliphatic heterocycles. The van der Waals surface area contributed by atoms with Crippen LogP contribution in [0.1, 0.15) is 0 Å². The van der Waals surface area contributed by atoms with Gasteiger partial charge < -0.3 is 9.47 Å². The molecule has 0 saturated carbocycles. The van der Waals surface area contributed by atoms with Crippen LogP contribution in [0.2, 0.25) is 0 Å². The van der Waals surface area contributed by atoms with Gasteiger partial charge in [0.05, 0.1) is 13.2 Å². The molecular weight excluding hydrogens is 108 g/mol. The van der Waals surface area contributed by atoms with Crippen LogP contribution in [0.4, 0.5) is 0 Å². The van der Waals surface area contributed by atoms with Crippen LogP contribution in [0.15, 0.2) is 0 Å². The Labute approximate surface area is 47.6 Å². The van der Waals surface area contributed by atoms with Crippen molar-refractivity contribution in [3.63, 3.8) is 0 Å². The Morgan fingerprint density at radius 1 is 1.75 bits per heavy atom. The summed E-state index contributed by atoms with van der Waals surface area (Å²) in [5.41, 5.74) is 0. The van der Waals surface area contributed by atoms with E-state index < -0.39 is 0 Å². The number of hydrogen-bond acceptors (Lipinski definition) is 3. The maximum absolute atomic E-state index is 10.4. The standard InChI is InChI=1S/C5H7O3/c1-7-5(6)4-2-8-3-4/h4H,1-3H2. The molecule has 0 atom stereocenters. The SMILES string of the molecule is [CH2]OC(=O)C1COC1. The molecule has 1 saturated heterocycles. The van der Waals surface area contributed by atoms with Gasteiger partial charge in [-0.1, -0.05) is 0 Å². The summed E-state index contributed by atoms with van der Waals surface area (Å²) in [5.74, 6) is -0.316. The second-order valence-electron chi connectivity index (χ2n) is 1.70. The Morgan fingerprint density at radius 3 is 2.50 bits per heavy atom. The molecule has 0 aromatic heterocycles. The van der Waals surface area contributed by atoms with Gasteiger partial charge in [0, 0.05) is 0 Å². The molecule has 1 rings (SSSR count). The van der Waals surface area contributed by atoms with Crippen molar-refractivity contribution in [2.45, 2.75) is 0 Å². The highest BCUT2D eigenvalue weighted by Gasteiger charge is 2.26. The van der Waals surface area contributed by atoms with Gasteiger partial charge in [0.1, 0.15) is 13.0 Å². The topological polar surface area (TPSA) is 35.5 Å². The molecule has 45 valence electrons. The third kappa shape index (κ3) is 0.816. The van der Waals surface area contributed by atoms with E-state index in [1.165, 1.54) is 0 Å². The lowest BCUT2D eigenvalue weighted by molar-refractivity contribution is -0.157. The second-order valence-corrected chi connectivity index (χ2v) is 1.70. The van der Waals surface area contributed by atoms with Gasteiger partial charge in [-0.15, -0.1) is 0 Å². The van der Waals surface area contributed by atoms with Gasteiger partial charge in [-0.3, -0.25) is 4.79 Å². The van der Waals surface area contributed by atoms with Crippen molar-refractivity contribution < 1.29 is 14.3 Å². The first-order valence-corrected chi connectivity index (χ1v) is 2.38. The molecule has 1 heterocycles. The van der Waals surface area contributed by atoms with Crippen molar-refractivity contribution in [2.75, 3.05) is 13.2 Å². The minimum Gasteiger partial charge on any atom is -0.462 e. The lowest BCUT2D eigenvalue weighted by Gasteiger charge is -2.22. The van der Waals surface area contributed by atoms with Crippen LogP contribution in [0.25, 0.3) is 0 Å². The van der Waals surface area contributed by atoms with Gasteiger partial charge in [0.2, 0.25) is 0 Å². The van der Waals surface area contributed by atoms with Crippen LogP contribution < -0.4 is 0 Å². The van der Waals surface area contributed by atoms with Gasteiger partial charge >= 0.3 is 5.97 Å². The van der Waals surface area contributed by atoms with E-state index in [1.807, 2.05) is 0 Å². The summed E-state index contributed by atoms with van der Waals surface area (Å²) in [4.78, 5) is 10.4. The lowest BCUT2D eigenvalue weighted by Crippen LogP contribution is -2.35. The zero-order valence-electron chi connectivity index (χ0n) is 4.42. The third-order valence-corrected chi connectivity index (χ3v) is 1.11. The molecule has 0 N–H and O–H groups in total. The highest BCUT2D eigenvalue weighted by molar-refractivity contribution is 5.73. The number of rotatable bonds is 1. The lowest BCUT2D eigenvalue weighted by atomic mass is 10.1. The van der Waals surface area contributed by atoms with Crippen molar-refractivity contribution in [3.8, 4) is 0 Å². The fourth-order valence-electron chi connectivity index (χ4n) is 0.490. The van der Waals surface area contributed by atoms with Crippen molar-refractivity contribution in [1.29, 1.82) is 0 Å². The minimum atomic E-state index is -0.267. The Balaban J connectivity index is 2.24. The van der Waals surface area contributed by atoms with E-state index in [9.17, 15) is 4.79 Å². The fourth-order valence-corrected chi connectivity index (χ4v) is 0.490. The summed E-state index contributed by atoms with van der Waals surface area (Å²) >= 11 is 0. The first-order valence-electron chi connectivity index (χ1n) is 2.38. The molecule has 0 bridgehead atoms. The fraction of sp³-hybridized carbons (Fsp3) is 0.600. The zero-order chi connectivity index (χ0) is 5.98. The van der Waals surface area contributed by atoms with Gasteiger partial charge in [-0.05, 0) is 0 Å². The molecule has 0 aromatic carbocycles. The monoisotopic (exact) mass is 115 g/mol. The average molecular weight is 115 g/mol. The van der Waals surface area contributed by atoms with E-state index in [0.29, 0.717) is 13.2 Å². The van der Waals surface area contributed by atoms with Crippen molar-refractivity contribution in [1.82, 2.24) is 0 Å². The average Bonchev–Trinajstić information content (AvgIpc) is 1.62. The second kappa shape index (κ2) is 2.13. The van der Waals surface area contributed by atoms with Crippen LogP contribution >= 0.6 is 0 Å². The van der Waals surface area contributed by atoms with Crippen LogP contribution in [0.3, 0.4) is 0 Å². The Kier molecular flexibility index (Phi) is 1.48. The summed E-state index contributed by atoms with van der Waals surface area (Å²) in [5, 5.41) is 0. The largest absolute Gasteiger partial charge is 0.462 e. The first kappa shape index (κ1) is 5.56. The highest BCUT2D eigenvalue weighted by Crippen LogP contribution is 2.10. The van der Waals surface area contributed by atoms with Crippen LogP contribution in [0, 0.1) is 13.0 Å². The molecule has 1 aliphatic rings. The summed E-state index contributed by atoms with van der Waals surface area (Å²) in [6.07, 6.45) is 0. The maximum Gasteiger partial charge on any atom is 0.313 e. The molecule has 0 spiro atoms. The number of esters is 1.